The lowest BCUT2D eigenvalue weighted by molar-refractivity contribution is -0.132. The molecule has 0 atom stereocenters. The monoisotopic (exact) mass is 392 g/mol. The smallest absolute Gasteiger partial charge is 0.253 e. The molecule has 0 radical (unpaired) electrons. The molecule has 0 unspecified atom stereocenters. The molecule has 29 heavy (non-hydrogen) atoms. The van der Waals surface area contributed by atoms with Crippen LogP contribution in [0.2, 0.25) is 0 Å². The van der Waals surface area contributed by atoms with Crippen molar-refractivity contribution in [3.63, 3.8) is 0 Å². The second kappa shape index (κ2) is 8.64. The molecule has 1 aliphatic heterocycles. The van der Waals surface area contributed by atoms with Crippen molar-refractivity contribution in [2.75, 3.05) is 44.7 Å². The summed E-state index contributed by atoms with van der Waals surface area (Å²) in [6.45, 7) is 3.93. The van der Waals surface area contributed by atoms with Crippen molar-refractivity contribution < 1.29 is 9.59 Å². The highest BCUT2D eigenvalue weighted by atomic mass is 16.2. The van der Waals surface area contributed by atoms with E-state index in [1.807, 2.05) is 48.3 Å². The minimum absolute atomic E-state index is 0.0328. The second-order valence-electron chi connectivity index (χ2n) is 7.97. The van der Waals surface area contributed by atoms with E-state index in [9.17, 15) is 9.59 Å². The van der Waals surface area contributed by atoms with E-state index in [0.29, 0.717) is 23.9 Å². The molecule has 0 N–H and O–H groups in total. The average molecular weight is 393 g/mol. The first-order valence-corrected chi connectivity index (χ1v) is 10.4. The minimum atomic E-state index is 0.0328. The Balaban J connectivity index is 1.29. The summed E-state index contributed by atoms with van der Waals surface area (Å²) in [5.74, 6) is 0.660. The van der Waals surface area contributed by atoms with Crippen LogP contribution in [0.15, 0.2) is 48.8 Å². The third-order valence-electron chi connectivity index (χ3n) is 5.83. The summed E-state index contributed by atoms with van der Waals surface area (Å²) in [5, 5.41) is 0. The molecule has 0 bridgehead atoms. The topological polar surface area (TPSA) is 56.8 Å². The van der Waals surface area contributed by atoms with Crippen LogP contribution in [0, 0.1) is 5.92 Å². The molecule has 1 aromatic heterocycles. The average Bonchev–Trinajstić information content (AvgIpc) is 3.63. The van der Waals surface area contributed by atoms with Crippen LogP contribution < -0.4 is 4.90 Å². The molecule has 6 heteroatoms. The van der Waals surface area contributed by atoms with Crippen molar-refractivity contribution in [2.24, 2.45) is 5.92 Å². The molecule has 2 aliphatic rings. The third kappa shape index (κ3) is 4.75. The van der Waals surface area contributed by atoms with E-state index in [4.69, 9.17) is 0 Å². The number of pyridine rings is 1. The van der Waals surface area contributed by atoms with Gasteiger partial charge in [-0.05, 0) is 61.2 Å². The Bertz CT molecular complexity index is 841. The zero-order chi connectivity index (χ0) is 20.2. The molecule has 1 saturated heterocycles. The van der Waals surface area contributed by atoms with Gasteiger partial charge in [-0.2, -0.15) is 0 Å². The SMILES string of the molecule is CN(CCc1ccncc1)C(=O)c1ccc(N2CCN(C(=O)C3CC3)CC2)cc1. The number of anilines is 1. The van der Waals surface area contributed by atoms with Crippen LogP contribution in [0.4, 0.5) is 5.69 Å². The lowest BCUT2D eigenvalue weighted by Crippen LogP contribution is -2.49. The fraction of sp³-hybridized carbons (Fsp3) is 0.435. The van der Waals surface area contributed by atoms with Crippen molar-refractivity contribution in [3.05, 3.63) is 59.9 Å². The number of nitrogens with zero attached hydrogens (tertiary/aromatic N) is 4. The van der Waals surface area contributed by atoms with Gasteiger partial charge in [0.2, 0.25) is 5.91 Å². The molecule has 2 fully saturated rings. The number of likely N-dealkylation sites (N-methyl/N-ethyl adjacent to an activating group) is 1. The summed E-state index contributed by atoms with van der Waals surface area (Å²) in [6.07, 6.45) is 6.48. The third-order valence-corrected chi connectivity index (χ3v) is 5.83. The van der Waals surface area contributed by atoms with Gasteiger partial charge in [0.25, 0.3) is 5.91 Å². The highest BCUT2D eigenvalue weighted by molar-refractivity contribution is 5.94. The number of hydrogen-bond donors (Lipinski definition) is 0. The molecule has 1 saturated carbocycles. The van der Waals surface area contributed by atoms with E-state index >= 15 is 0 Å². The molecule has 4 rings (SSSR count). The molecule has 2 amide bonds. The molecule has 1 aliphatic carbocycles. The standard InChI is InChI=1S/C23H28N4O2/c1-25(13-10-18-8-11-24-12-9-18)22(28)19-4-6-21(7-5-19)26-14-16-27(17-15-26)23(29)20-2-3-20/h4-9,11-12,20H,2-3,10,13-17H2,1H3. The maximum Gasteiger partial charge on any atom is 0.253 e. The molecule has 1 aromatic carbocycles. The van der Waals surface area contributed by atoms with E-state index in [1.165, 1.54) is 5.56 Å². The zero-order valence-electron chi connectivity index (χ0n) is 17.0. The molecule has 2 aromatic rings. The number of carbonyl (C=O) groups excluding carboxylic acids is 2. The van der Waals surface area contributed by atoms with Crippen molar-refractivity contribution in [1.29, 1.82) is 0 Å². The van der Waals surface area contributed by atoms with Crippen LogP contribution >= 0.6 is 0 Å². The van der Waals surface area contributed by atoms with E-state index in [-0.39, 0.29) is 5.91 Å². The first-order chi connectivity index (χ1) is 14.1. The maximum absolute atomic E-state index is 12.7. The summed E-state index contributed by atoms with van der Waals surface area (Å²) in [4.78, 5) is 35.0. The summed E-state index contributed by atoms with van der Waals surface area (Å²) in [7, 11) is 1.84. The van der Waals surface area contributed by atoms with Gasteiger partial charge in [0.1, 0.15) is 0 Å². The Morgan fingerprint density at radius 3 is 2.28 bits per heavy atom. The highest BCUT2D eigenvalue weighted by Crippen LogP contribution is 2.31. The first kappa shape index (κ1) is 19.4. The van der Waals surface area contributed by atoms with Crippen LogP contribution in [0.1, 0.15) is 28.8 Å². The van der Waals surface area contributed by atoms with E-state index in [2.05, 4.69) is 9.88 Å². The van der Waals surface area contributed by atoms with Gasteiger partial charge in [0, 0.05) is 69.3 Å². The normalized spacial score (nSPS) is 16.6. The van der Waals surface area contributed by atoms with Gasteiger partial charge < -0.3 is 14.7 Å². The minimum Gasteiger partial charge on any atom is -0.368 e. The number of aromatic nitrogens is 1. The van der Waals surface area contributed by atoms with Gasteiger partial charge in [0.15, 0.2) is 0 Å². The Kier molecular flexibility index (Phi) is 5.79. The quantitative estimate of drug-likeness (QED) is 0.758. The van der Waals surface area contributed by atoms with Gasteiger partial charge in [-0.1, -0.05) is 0 Å². The highest BCUT2D eigenvalue weighted by Gasteiger charge is 2.34. The number of benzene rings is 1. The van der Waals surface area contributed by atoms with Gasteiger partial charge in [-0.25, -0.2) is 0 Å². The molecule has 2 heterocycles. The molecular formula is C23H28N4O2. The Morgan fingerprint density at radius 2 is 1.66 bits per heavy atom. The molecule has 152 valence electrons. The van der Waals surface area contributed by atoms with Crippen LogP contribution in [0.3, 0.4) is 0 Å². The maximum atomic E-state index is 12.7. The predicted octanol–water partition coefficient (Wildman–Crippen LogP) is 2.45. The fourth-order valence-corrected chi connectivity index (χ4v) is 3.76. The van der Waals surface area contributed by atoms with Crippen LogP contribution in [-0.2, 0) is 11.2 Å². The number of hydrogen-bond acceptors (Lipinski definition) is 4. The van der Waals surface area contributed by atoms with Crippen LogP contribution in [-0.4, -0.2) is 66.4 Å². The molecule has 0 spiro atoms. The lowest BCUT2D eigenvalue weighted by atomic mass is 10.1. The van der Waals surface area contributed by atoms with Crippen LogP contribution in [0.5, 0.6) is 0 Å². The summed E-state index contributed by atoms with van der Waals surface area (Å²) >= 11 is 0. The van der Waals surface area contributed by atoms with E-state index in [1.54, 1.807) is 17.3 Å². The van der Waals surface area contributed by atoms with E-state index < -0.39 is 0 Å². The largest absolute Gasteiger partial charge is 0.368 e. The van der Waals surface area contributed by atoms with Gasteiger partial charge in [-0.15, -0.1) is 0 Å². The zero-order valence-corrected chi connectivity index (χ0v) is 17.0. The molecular weight excluding hydrogens is 364 g/mol. The predicted molar refractivity (Wildman–Crippen MR) is 113 cm³/mol. The van der Waals surface area contributed by atoms with Crippen molar-refractivity contribution >= 4 is 17.5 Å². The number of piperazine rings is 1. The van der Waals surface area contributed by atoms with Gasteiger partial charge >= 0.3 is 0 Å². The molecule has 6 nitrogen and oxygen atoms in total. The summed E-state index contributed by atoms with van der Waals surface area (Å²) in [6, 6.07) is 11.8. The van der Waals surface area contributed by atoms with Crippen molar-refractivity contribution in [3.8, 4) is 0 Å². The summed E-state index contributed by atoms with van der Waals surface area (Å²) < 4.78 is 0. The Labute approximate surface area is 172 Å². The van der Waals surface area contributed by atoms with Gasteiger partial charge in [0.05, 0.1) is 0 Å². The second-order valence-corrected chi connectivity index (χ2v) is 7.97. The van der Waals surface area contributed by atoms with Gasteiger partial charge in [-0.3, -0.25) is 14.6 Å². The fourth-order valence-electron chi connectivity index (χ4n) is 3.76. The Morgan fingerprint density at radius 1 is 1.00 bits per heavy atom. The number of rotatable bonds is 6. The number of carbonyl (C=O) groups is 2. The van der Waals surface area contributed by atoms with Crippen LogP contribution in [0.25, 0.3) is 0 Å². The number of amides is 2. The van der Waals surface area contributed by atoms with Crippen molar-refractivity contribution in [2.45, 2.75) is 19.3 Å². The first-order valence-electron chi connectivity index (χ1n) is 10.4. The summed E-state index contributed by atoms with van der Waals surface area (Å²) in [5.41, 5.74) is 2.99. The Hall–Kier alpha value is -2.89. The van der Waals surface area contributed by atoms with E-state index in [0.717, 1.165) is 51.1 Å². The van der Waals surface area contributed by atoms with Crippen molar-refractivity contribution in [1.82, 2.24) is 14.8 Å². The lowest BCUT2D eigenvalue weighted by Gasteiger charge is -2.36.